The summed E-state index contributed by atoms with van der Waals surface area (Å²) in [6.45, 7) is 6.16. The minimum atomic E-state index is 0.712. The van der Waals surface area contributed by atoms with E-state index in [0.29, 0.717) is 12.3 Å². The van der Waals surface area contributed by atoms with Gasteiger partial charge in [0, 0.05) is 18.3 Å². The maximum absolute atomic E-state index is 5.87. The van der Waals surface area contributed by atoms with Crippen LogP contribution in [0.4, 0.5) is 11.4 Å². The van der Waals surface area contributed by atoms with Crippen molar-refractivity contribution in [3.05, 3.63) is 18.2 Å². The summed E-state index contributed by atoms with van der Waals surface area (Å²) in [6.07, 6.45) is 2.35. The third-order valence-electron chi connectivity index (χ3n) is 3.32. The van der Waals surface area contributed by atoms with E-state index in [2.05, 4.69) is 19.2 Å². The van der Waals surface area contributed by atoms with Gasteiger partial charge in [0.25, 0.3) is 0 Å². The quantitative estimate of drug-likeness (QED) is 0.743. The first-order valence-corrected chi connectivity index (χ1v) is 6.47. The molecule has 1 aliphatic carbocycles. The zero-order chi connectivity index (χ0) is 12.3. The number of benzene rings is 1. The smallest absolute Gasteiger partial charge is 0.144 e. The van der Waals surface area contributed by atoms with Gasteiger partial charge in [0.15, 0.2) is 0 Å². The summed E-state index contributed by atoms with van der Waals surface area (Å²) in [4.78, 5) is 0. The van der Waals surface area contributed by atoms with E-state index < -0.39 is 0 Å². The highest BCUT2D eigenvalue weighted by Crippen LogP contribution is 2.37. The molecule has 94 valence electrons. The molecular formula is C14H22N2O. The van der Waals surface area contributed by atoms with Gasteiger partial charge in [-0.25, -0.2) is 0 Å². The van der Waals surface area contributed by atoms with E-state index in [-0.39, 0.29) is 0 Å². The molecule has 2 unspecified atom stereocenters. The Kier molecular flexibility index (Phi) is 3.77. The molecule has 1 aromatic carbocycles. The summed E-state index contributed by atoms with van der Waals surface area (Å²) >= 11 is 0. The maximum atomic E-state index is 5.87. The van der Waals surface area contributed by atoms with E-state index in [1.54, 1.807) is 0 Å². The second-order valence-corrected chi connectivity index (χ2v) is 4.96. The molecule has 0 spiro atoms. The van der Waals surface area contributed by atoms with E-state index in [1.165, 1.54) is 6.42 Å². The molecule has 0 amide bonds. The molecule has 0 heterocycles. The molecule has 2 atom stereocenters. The minimum Gasteiger partial charge on any atom is -0.491 e. The van der Waals surface area contributed by atoms with Crippen LogP contribution in [0.2, 0.25) is 0 Å². The molecule has 3 N–H and O–H groups in total. The normalized spacial score (nSPS) is 22.2. The molecule has 0 aliphatic heterocycles. The molecule has 1 aromatic rings. The summed E-state index contributed by atoms with van der Waals surface area (Å²) in [5.41, 5.74) is 7.68. The van der Waals surface area contributed by atoms with Gasteiger partial charge in [0.1, 0.15) is 5.75 Å². The summed E-state index contributed by atoms with van der Waals surface area (Å²) in [6, 6.07) is 5.92. The second-order valence-electron chi connectivity index (χ2n) is 4.96. The number of nitrogen functional groups attached to an aromatic ring is 1. The lowest BCUT2D eigenvalue weighted by atomic mass is 10.2. The second kappa shape index (κ2) is 5.30. The average Bonchev–Trinajstić information content (AvgIpc) is 3.03. The lowest BCUT2D eigenvalue weighted by molar-refractivity contribution is 0.319. The zero-order valence-electron chi connectivity index (χ0n) is 10.7. The number of anilines is 2. The van der Waals surface area contributed by atoms with E-state index in [4.69, 9.17) is 10.5 Å². The number of nitrogens with two attached hydrogens (primary N) is 1. The van der Waals surface area contributed by atoms with Crippen LogP contribution in [0, 0.1) is 11.8 Å². The highest BCUT2D eigenvalue weighted by atomic mass is 16.5. The van der Waals surface area contributed by atoms with Gasteiger partial charge in [0.05, 0.1) is 12.3 Å². The van der Waals surface area contributed by atoms with Crippen molar-refractivity contribution < 1.29 is 4.74 Å². The summed E-state index contributed by atoms with van der Waals surface area (Å²) in [7, 11) is 0. The van der Waals surface area contributed by atoms with Crippen LogP contribution in [0.3, 0.4) is 0 Å². The molecule has 2 rings (SSSR count). The topological polar surface area (TPSA) is 47.3 Å². The largest absolute Gasteiger partial charge is 0.491 e. The Morgan fingerprint density at radius 1 is 1.47 bits per heavy atom. The molecule has 0 saturated heterocycles. The predicted octanol–water partition coefficient (Wildman–Crippen LogP) is 3.13. The zero-order valence-corrected chi connectivity index (χ0v) is 10.7. The number of hydrogen-bond donors (Lipinski definition) is 2. The number of rotatable bonds is 6. The molecule has 3 heteroatoms. The minimum absolute atomic E-state index is 0.712. The van der Waals surface area contributed by atoms with Crippen molar-refractivity contribution in [2.45, 2.75) is 26.7 Å². The lowest BCUT2D eigenvalue weighted by Gasteiger charge is -2.11. The van der Waals surface area contributed by atoms with Crippen molar-refractivity contribution in [3.63, 3.8) is 0 Å². The highest BCUT2D eigenvalue weighted by molar-refractivity contribution is 5.61. The summed E-state index contributed by atoms with van der Waals surface area (Å²) in [5, 5.41) is 3.45. The fraction of sp³-hybridized carbons (Fsp3) is 0.571. The first-order valence-electron chi connectivity index (χ1n) is 6.47. The van der Waals surface area contributed by atoms with Crippen molar-refractivity contribution in [1.29, 1.82) is 0 Å². The number of ether oxygens (including phenoxy) is 1. The van der Waals surface area contributed by atoms with Crippen LogP contribution >= 0.6 is 0 Å². The van der Waals surface area contributed by atoms with Crippen molar-refractivity contribution in [2.24, 2.45) is 11.8 Å². The maximum Gasteiger partial charge on any atom is 0.144 e. The van der Waals surface area contributed by atoms with Crippen LogP contribution in [0.1, 0.15) is 26.7 Å². The summed E-state index contributed by atoms with van der Waals surface area (Å²) in [5.74, 6) is 2.51. The van der Waals surface area contributed by atoms with E-state index in [9.17, 15) is 0 Å². The fourth-order valence-corrected chi connectivity index (χ4v) is 1.91. The van der Waals surface area contributed by atoms with Crippen LogP contribution < -0.4 is 15.8 Å². The Morgan fingerprint density at radius 2 is 2.24 bits per heavy atom. The molecule has 0 radical (unpaired) electrons. The Labute approximate surface area is 103 Å². The Bertz CT molecular complexity index is 378. The van der Waals surface area contributed by atoms with Crippen LogP contribution in [-0.4, -0.2) is 13.2 Å². The number of nitrogens with one attached hydrogen (secondary N) is 1. The van der Waals surface area contributed by atoms with E-state index in [0.717, 1.165) is 36.2 Å². The van der Waals surface area contributed by atoms with Crippen LogP contribution in [0.15, 0.2) is 18.2 Å². The SMILES string of the molecule is CCCOc1cc(NCC2CC2C)ccc1N. The highest BCUT2D eigenvalue weighted by Gasteiger charge is 2.31. The van der Waals surface area contributed by atoms with Gasteiger partial charge in [-0.05, 0) is 36.8 Å². The Hall–Kier alpha value is -1.38. The van der Waals surface area contributed by atoms with Crippen molar-refractivity contribution in [1.82, 2.24) is 0 Å². The van der Waals surface area contributed by atoms with Crippen LogP contribution in [0.5, 0.6) is 5.75 Å². The van der Waals surface area contributed by atoms with Gasteiger partial charge < -0.3 is 15.8 Å². The van der Waals surface area contributed by atoms with Gasteiger partial charge in [-0.2, -0.15) is 0 Å². The standard InChI is InChI=1S/C14H22N2O/c1-3-6-17-14-8-12(4-5-13(14)15)16-9-11-7-10(11)2/h4-5,8,10-11,16H,3,6-7,9,15H2,1-2H3. The van der Waals surface area contributed by atoms with Gasteiger partial charge in [-0.15, -0.1) is 0 Å². The van der Waals surface area contributed by atoms with E-state index >= 15 is 0 Å². The molecular weight excluding hydrogens is 212 g/mol. The Balaban J connectivity index is 1.92. The fourth-order valence-electron chi connectivity index (χ4n) is 1.91. The predicted molar refractivity (Wildman–Crippen MR) is 72.4 cm³/mol. The molecule has 17 heavy (non-hydrogen) atoms. The van der Waals surface area contributed by atoms with Gasteiger partial charge in [-0.1, -0.05) is 13.8 Å². The van der Waals surface area contributed by atoms with Crippen LogP contribution in [-0.2, 0) is 0 Å². The molecule has 3 nitrogen and oxygen atoms in total. The van der Waals surface area contributed by atoms with Crippen molar-refractivity contribution in [2.75, 3.05) is 24.2 Å². The summed E-state index contributed by atoms with van der Waals surface area (Å²) < 4.78 is 5.61. The number of hydrogen-bond acceptors (Lipinski definition) is 3. The third-order valence-corrected chi connectivity index (χ3v) is 3.32. The first-order chi connectivity index (χ1) is 8.20. The van der Waals surface area contributed by atoms with Crippen molar-refractivity contribution >= 4 is 11.4 Å². The lowest BCUT2D eigenvalue weighted by Crippen LogP contribution is -2.05. The molecule has 0 aromatic heterocycles. The van der Waals surface area contributed by atoms with Crippen molar-refractivity contribution in [3.8, 4) is 5.75 Å². The van der Waals surface area contributed by atoms with Crippen LogP contribution in [0.25, 0.3) is 0 Å². The average molecular weight is 234 g/mol. The monoisotopic (exact) mass is 234 g/mol. The van der Waals surface area contributed by atoms with Gasteiger partial charge in [-0.3, -0.25) is 0 Å². The molecule has 0 bridgehead atoms. The molecule has 1 aliphatic rings. The molecule has 1 saturated carbocycles. The molecule has 1 fully saturated rings. The van der Waals surface area contributed by atoms with Gasteiger partial charge >= 0.3 is 0 Å². The van der Waals surface area contributed by atoms with Gasteiger partial charge in [0.2, 0.25) is 0 Å². The third kappa shape index (κ3) is 3.29. The first kappa shape index (κ1) is 12.1. The Morgan fingerprint density at radius 3 is 2.88 bits per heavy atom. The van der Waals surface area contributed by atoms with E-state index in [1.807, 2.05) is 18.2 Å².